The summed E-state index contributed by atoms with van der Waals surface area (Å²) in [6, 6.07) is 5.69. The van der Waals surface area contributed by atoms with Gasteiger partial charge in [0.2, 0.25) is 0 Å². The summed E-state index contributed by atoms with van der Waals surface area (Å²) in [6.45, 7) is 1.40. The van der Waals surface area contributed by atoms with Gasteiger partial charge in [0.05, 0.1) is 0 Å². The summed E-state index contributed by atoms with van der Waals surface area (Å²) in [4.78, 5) is 16.0. The molecule has 0 radical (unpaired) electrons. The van der Waals surface area contributed by atoms with Crippen LogP contribution in [-0.2, 0) is 19.5 Å². The van der Waals surface area contributed by atoms with Crippen LogP contribution in [0.2, 0.25) is 0 Å². The molecule has 0 saturated heterocycles. The first-order chi connectivity index (χ1) is 9.33. The summed E-state index contributed by atoms with van der Waals surface area (Å²) in [5, 5.41) is 7.22. The van der Waals surface area contributed by atoms with Crippen molar-refractivity contribution < 1.29 is 4.79 Å². The van der Waals surface area contributed by atoms with Gasteiger partial charge in [-0.1, -0.05) is 6.07 Å². The Morgan fingerprint density at radius 2 is 2.37 bits per heavy atom. The maximum atomic E-state index is 12.0. The van der Waals surface area contributed by atoms with Gasteiger partial charge in [-0.3, -0.25) is 14.5 Å². The van der Waals surface area contributed by atoms with E-state index >= 15 is 0 Å². The van der Waals surface area contributed by atoms with E-state index in [9.17, 15) is 4.79 Å². The molecule has 1 aliphatic rings. The quantitative estimate of drug-likeness (QED) is 0.906. The molecule has 5 heteroatoms. The predicted octanol–water partition coefficient (Wildman–Crippen LogP) is 1.54. The highest BCUT2D eigenvalue weighted by atomic mass is 16.1. The molecule has 2 aromatic heterocycles. The molecular formula is C14H16N4O. The molecule has 2 aromatic rings. The minimum absolute atomic E-state index is 0.120. The molecule has 0 aliphatic carbocycles. The Kier molecular flexibility index (Phi) is 3.27. The molecule has 1 N–H and O–H groups in total. The number of rotatable bonds is 3. The number of carbonyl (C=O) groups excluding carboxylic acids is 1. The van der Waals surface area contributed by atoms with E-state index in [2.05, 4.69) is 15.4 Å². The van der Waals surface area contributed by atoms with E-state index in [-0.39, 0.29) is 5.91 Å². The lowest BCUT2D eigenvalue weighted by Crippen LogP contribution is -2.23. The van der Waals surface area contributed by atoms with Crippen LogP contribution in [0.3, 0.4) is 0 Å². The van der Waals surface area contributed by atoms with E-state index in [4.69, 9.17) is 0 Å². The monoisotopic (exact) mass is 256 g/mol. The van der Waals surface area contributed by atoms with E-state index in [0.29, 0.717) is 12.2 Å². The third-order valence-corrected chi connectivity index (χ3v) is 3.32. The van der Waals surface area contributed by atoms with Crippen molar-refractivity contribution in [1.29, 1.82) is 0 Å². The van der Waals surface area contributed by atoms with E-state index in [1.54, 1.807) is 12.4 Å². The number of hydrogen-bond acceptors (Lipinski definition) is 3. The first-order valence-electron chi connectivity index (χ1n) is 6.57. The molecule has 19 heavy (non-hydrogen) atoms. The van der Waals surface area contributed by atoms with E-state index < -0.39 is 0 Å². The van der Waals surface area contributed by atoms with Crippen LogP contribution in [0.5, 0.6) is 0 Å². The summed E-state index contributed by atoms with van der Waals surface area (Å²) in [7, 11) is 0. The topological polar surface area (TPSA) is 59.8 Å². The lowest BCUT2D eigenvalue weighted by atomic mass is 10.1. The third kappa shape index (κ3) is 2.65. The first kappa shape index (κ1) is 11.9. The average Bonchev–Trinajstić information content (AvgIpc) is 2.90. The molecule has 0 unspecified atom stereocenters. The third-order valence-electron chi connectivity index (χ3n) is 3.32. The highest BCUT2D eigenvalue weighted by molar-refractivity contribution is 5.92. The van der Waals surface area contributed by atoms with Gasteiger partial charge in [0.25, 0.3) is 5.91 Å². The minimum atomic E-state index is -0.120. The fraction of sp³-hybridized carbons (Fsp3) is 0.357. The van der Waals surface area contributed by atoms with Crippen molar-refractivity contribution >= 4 is 5.91 Å². The number of nitrogens with zero attached hydrogens (tertiary/aromatic N) is 3. The van der Waals surface area contributed by atoms with E-state index in [1.807, 2.05) is 22.9 Å². The van der Waals surface area contributed by atoms with E-state index in [1.165, 1.54) is 6.42 Å². The Hall–Kier alpha value is -2.17. The Labute approximate surface area is 111 Å². The van der Waals surface area contributed by atoms with Gasteiger partial charge in [0.1, 0.15) is 5.69 Å². The molecule has 0 spiro atoms. The van der Waals surface area contributed by atoms with Crippen LogP contribution < -0.4 is 5.32 Å². The van der Waals surface area contributed by atoms with Crippen molar-refractivity contribution in [2.75, 3.05) is 0 Å². The van der Waals surface area contributed by atoms with Crippen LogP contribution in [0, 0.1) is 0 Å². The predicted molar refractivity (Wildman–Crippen MR) is 70.6 cm³/mol. The van der Waals surface area contributed by atoms with Crippen molar-refractivity contribution in [2.45, 2.75) is 32.4 Å². The molecule has 3 rings (SSSR count). The lowest BCUT2D eigenvalue weighted by molar-refractivity contribution is 0.0945. The number of carbonyl (C=O) groups is 1. The van der Waals surface area contributed by atoms with Crippen molar-refractivity contribution in [3.8, 4) is 0 Å². The van der Waals surface area contributed by atoms with Crippen molar-refractivity contribution in [3.63, 3.8) is 0 Å². The summed E-state index contributed by atoms with van der Waals surface area (Å²) in [5.74, 6) is -0.120. The second kappa shape index (κ2) is 5.22. The summed E-state index contributed by atoms with van der Waals surface area (Å²) in [6.07, 6.45) is 6.81. The van der Waals surface area contributed by atoms with Crippen LogP contribution in [0.4, 0.5) is 0 Å². The Bertz CT molecular complexity index is 553. The number of aromatic nitrogens is 3. The molecule has 0 bridgehead atoms. The number of nitrogens with one attached hydrogen (secondary N) is 1. The second-order valence-electron chi connectivity index (χ2n) is 4.75. The van der Waals surface area contributed by atoms with Crippen LogP contribution in [0.25, 0.3) is 0 Å². The Morgan fingerprint density at radius 3 is 3.16 bits per heavy atom. The molecule has 0 fully saturated rings. The van der Waals surface area contributed by atoms with Crippen LogP contribution in [-0.4, -0.2) is 20.7 Å². The average molecular weight is 256 g/mol. The molecule has 0 saturated carbocycles. The maximum Gasteiger partial charge on any atom is 0.272 e. The smallest absolute Gasteiger partial charge is 0.272 e. The van der Waals surface area contributed by atoms with Gasteiger partial charge in [0, 0.05) is 31.2 Å². The van der Waals surface area contributed by atoms with Crippen LogP contribution >= 0.6 is 0 Å². The molecule has 98 valence electrons. The SMILES string of the molecule is O=C(NCc1cccnc1)c1cc2n(n1)CCCC2. The van der Waals surface area contributed by atoms with Crippen molar-refractivity contribution in [1.82, 2.24) is 20.1 Å². The summed E-state index contributed by atoms with van der Waals surface area (Å²) < 4.78 is 1.95. The summed E-state index contributed by atoms with van der Waals surface area (Å²) >= 11 is 0. The van der Waals surface area contributed by atoms with Gasteiger partial charge in [-0.2, -0.15) is 5.10 Å². The van der Waals surface area contributed by atoms with E-state index in [0.717, 1.165) is 30.6 Å². The van der Waals surface area contributed by atoms with Gasteiger partial charge in [0.15, 0.2) is 0 Å². The fourth-order valence-electron chi connectivity index (χ4n) is 2.30. The summed E-state index contributed by atoms with van der Waals surface area (Å²) in [5.41, 5.74) is 2.67. The molecule has 3 heterocycles. The van der Waals surface area contributed by atoms with Gasteiger partial charge in [-0.05, 0) is 37.0 Å². The van der Waals surface area contributed by atoms with Crippen molar-refractivity contribution in [2.24, 2.45) is 0 Å². The highest BCUT2D eigenvalue weighted by Gasteiger charge is 2.16. The van der Waals surface area contributed by atoms with Gasteiger partial charge >= 0.3 is 0 Å². The molecule has 5 nitrogen and oxygen atoms in total. The molecule has 1 aliphatic heterocycles. The molecular weight excluding hydrogens is 240 g/mol. The van der Waals surface area contributed by atoms with Gasteiger partial charge in [-0.25, -0.2) is 0 Å². The molecule has 0 aromatic carbocycles. The maximum absolute atomic E-state index is 12.0. The number of amides is 1. The Balaban J connectivity index is 1.65. The number of hydrogen-bond donors (Lipinski definition) is 1. The Morgan fingerprint density at radius 1 is 1.42 bits per heavy atom. The van der Waals surface area contributed by atoms with Crippen LogP contribution in [0.15, 0.2) is 30.6 Å². The van der Waals surface area contributed by atoms with Gasteiger partial charge in [-0.15, -0.1) is 0 Å². The normalized spacial score (nSPS) is 13.9. The number of aryl methyl sites for hydroxylation is 2. The molecule has 0 atom stereocenters. The van der Waals surface area contributed by atoms with Crippen molar-refractivity contribution in [3.05, 3.63) is 47.5 Å². The lowest BCUT2D eigenvalue weighted by Gasteiger charge is -2.11. The highest BCUT2D eigenvalue weighted by Crippen LogP contribution is 2.15. The fourth-order valence-corrected chi connectivity index (χ4v) is 2.30. The minimum Gasteiger partial charge on any atom is -0.347 e. The van der Waals surface area contributed by atoms with Gasteiger partial charge < -0.3 is 5.32 Å². The zero-order chi connectivity index (χ0) is 13.1. The standard InChI is InChI=1S/C14H16N4O/c19-14(16-10-11-4-3-6-15-9-11)13-8-12-5-1-2-7-18(12)17-13/h3-4,6,8-9H,1-2,5,7,10H2,(H,16,19). The molecule has 1 amide bonds. The zero-order valence-corrected chi connectivity index (χ0v) is 10.7. The number of pyridine rings is 1. The second-order valence-corrected chi connectivity index (χ2v) is 4.75. The zero-order valence-electron chi connectivity index (χ0n) is 10.7. The largest absolute Gasteiger partial charge is 0.347 e. The van der Waals surface area contributed by atoms with Crippen LogP contribution in [0.1, 0.15) is 34.6 Å². The number of fused-ring (bicyclic) bond motifs is 1. The first-order valence-corrected chi connectivity index (χ1v) is 6.57.